The first-order chi connectivity index (χ1) is 40.7. The van der Waals surface area contributed by atoms with Gasteiger partial charge in [0, 0.05) is 44.3 Å². The normalized spacial score (nSPS) is 13.1. The number of nitrogens with zero attached hydrogens (tertiary/aromatic N) is 4. The van der Waals surface area contributed by atoms with Crippen LogP contribution in [-0.2, 0) is 42.7 Å². The molecular formula is C76H70N4OPt-2. The van der Waals surface area contributed by atoms with E-state index in [0.29, 0.717) is 22.7 Å². The number of rotatable bonds is 9. The second kappa shape index (κ2) is 21.3. The van der Waals surface area contributed by atoms with Crippen molar-refractivity contribution in [1.29, 1.82) is 0 Å². The van der Waals surface area contributed by atoms with Crippen LogP contribution in [0, 0.1) is 18.5 Å². The van der Waals surface area contributed by atoms with Crippen LogP contribution in [0.25, 0.3) is 94.5 Å². The predicted molar refractivity (Wildman–Crippen MR) is 337 cm³/mol. The first-order valence-electron chi connectivity index (χ1n) is 30.4. The van der Waals surface area contributed by atoms with Gasteiger partial charge in [0.1, 0.15) is 5.82 Å². The van der Waals surface area contributed by atoms with Crippen molar-refractivity contribution in [2.45, 2.75) is 105 Å². The maximum atomic E-state index is 9.32. The maximum absolute atomic E-state index is 9.32. The van der Waals surface area contributed by atoms with Crippen LogP contribution in [0.1, 0.15) is 112 Å². The van der Waals surface area contributed by atoms with Gasteiger partial charge in [-0.15, -0.1) is 29.7 Å². The van der Waals surface area contributed by atoms with Gasteiger partial charge in [0.05, 0.1) is 23.6 Å². The number of imidazole rings is 1. The van der Waals surface area contributed by atoms with Crippen molar-refractivity contribution in [3.05, 3.63) is 247 Å². The number of hydrogen-bond donors (Lipinski definition) is 0. The van der Waals surface area contributed by atoms with Crippen LogP contribution in [0.4, 0.5) is 0 Å². The third-order valence-corrected chi connectivity index (χ3v) is 15.6. The van der Waals surface area contributed by atoms with Crippen LogP contribution < -0.4 is 9.30 Å². The fourth-order valence-electron chi connectivity index (χ4n) is 10.9. The number of ether oxygens (including phenoxy) is 1. The molecule has 0 aliphatic rings. The second-order valence-electron chi connectivity index (χ2n) is 25.5. The van der Waals surface area contributed by atoms with Gasteiger partial charge in [-0.1, -0.05) is 222 Å². The number of fused-ring (bicyclic) bond motifs is 4. The number of pyridine rings is 1. The van der Waals surface area contributed by atoms with Crippen molar-refractivity contribution in [1.82, 2.24) is 14.1 Å². The summed E-state index contributed by atoms with van der Waals surface area (Å²) in [7, 11) is 0. The molecule has 0 aliphatic heterocycles. The van der Waals surface area contributed by atoms with E-state index in [1.165, 1.54) is 11.1 Å². The molecule has 12 aromatic rings. The molecule has 0 unspecified atom stereocenters. The van der Waals surface area contributed by atoms with Crippen molar-refractivity contribution in [2.75, 3.05) is 0 Å². The number of para-hydroxylation sites is 1. The summed E-state index contributed by atoms with van der Waals surface area (Å²) in [6.07, 6.45) is 5.77. The van der Waals surface area contributed by atoms with E-state index in [4.69, 9.17) is 13.8 Å². The monoisotopic (exact) mass is 1250 g/mol. The van der Waals surface area contributed by atoms with Crippen molar-refractivity contribution in [3.8, 4) is 73.2 Å². The van der Waals surface area contributed by atoms with Crippen LogP contribution in [0.5, 0.6) is 11.5 Å². The van der Waals surface area contributed by atoms with Gasteiger partial charge < -0.3 is 13.9 Å². The van der Waals surface area contributed by atoms with Gasteiger partial charge >= 0.3 is 0 Å². The zero-order valence-corrected chi connectivity index (χ0v) is 51.0. The van der Waals surface area contributed by atoms with Crippen LogP contribution in [-0.4, -0.2) is 14.1 Å². The molecule has 0 saturated carbocycles. The molecule has 0 radical (unpaired) electrons. The largest absolute Gasteiger partial charge is 0.510 e. The summed E-state index contributed by atoms with van der Waals surface area (Å²) >= 11 is 0. The SMILES string of the molecule is [2H]c1c([2H])c([2H])c(-c2cc(-c3cccc(C(C)(C)C)c3)c(-[n+]3[c-]n(-c4[c-]c(Oc5[c-]c6c(cc5)c5ccccc5n6-c5cc(C(C)(C)C)ccn5)ccc4)c4cc(-c5ccc(C(C)(C)C)cc5)ccc43)c(-c3cccc(C(C)(C)C)c3)c2)c([2H])c1[2H].[Pt]. The van der Waals surface area contributed by atoms with Gasteiger partial charge in [-0.3, -0.25) is 4.57 Å². The second-order valence-corrected chi connectivity index (χ2v) is 25.5. The molecule has 412 valence electrons. The van der Waals surface area contributed by atoms with Crippen molar-refractivity contribution in [2.24, 2.45) is 0 Å². The summed E-state index contributed by atoms with van der Waals surface area (Å²) in [6, 6.07) is 64.4. The van der Waals surface area contributed by atoms with Crippen molar-refractivity contribution >= 4 is 32.8 Å². The fourth-order valence-corrected chi connectivity index (χ4v) is 10.9. The Balaban J connectivity index is 0.00000784. The van der Waals surface area contributed by atoms with E-state index in [0.717, 1.165) is 88.9 Å². The molecule has 9 aromatic carbocycles. The average Bonchev–Trinajstić information content (AvgIpc) is 2.44. The maximum Gasteiger partial charge on any atom is 0.268 e. The minimum Gasteiger partial charge on any atom is -0.510 e. The van der Waals surface area contributed by atoms with Gasteiger partial charge in [0.25, 0.3) is 6.33 Å². The first-order valence-corrected chi connectivity index (χ1v) is 27.9. The van der Waals surface area contributed by atoms with E-state index in [9.17, 15) is 2.74 Å². The van der Waals surface area contributed by atoms with Gasteiger partial charge in [0.15, 0.2) is 0 Å². The van der Waals surface area contributed by atoms with E-state index in [1.807, 2.05) is 47.2 Å². The Morgan fingerprint density at radius 3 is 1.71 bits per heavy atom. The summed E-state index contributed by atoms with van der Waals surface area (Å²) in [5, 5.41) is 2.12. The van der Waals surface area contributed by atoms with Crippen LogP contribution in [0.15, 0.2) is 206 Å². The zero-order chi connectivity index (χ0) is 60.9. The summed E-state index contributed by atoms with van der Waals surface area (Å²) in [6.45, 7) is 26.5. The molecule has 0 saturated heterocycles. The quantitative estimate of drug-likeness (QED) is 0.107. The predicted octanol–water partition coefficient (Wildman–Crippen LogP) is 19.4. The molecule has 0 N–H and O–H groups in total. The Morgan fingerprint density at radius 2 is 1.06 bits per heavy atom. The summed E-state index contributed by atoms with van der Waals surface area (Å²) in [4.78, 5) is 4.90. The van der Waals surface area contributed by atoms with Crippen LogP contribution >= 0.6 is 0 Å². The minimum absolute atomic E-state index is 0. The molecule has 3 heterocycles. The summed E-state index contributed by atoms with van der Waals surface area (Å²) in [5.74, 6) is 1.80. The standard InChI is InChI=1S/C76H70N4O.Pt/c1-73(2,3)56-34-31-51(32-35-56)52-33-38-68-70(45-52)78(60-27-20-28-61(47-60)81-62-36-37-64-63-29-16-17-30-67(63)80(69(64)48-62)71-46-59(39-40-77-71)76(10,11)12)49-79(68)72-65(53-23-18-25-57(41-53)74(4,5)6)43-55(50-21-14-13-15-22-50)44-66(72)54-24-19-26-58(42-54)75(7,8)9;/h13-46H,1-12H3;/q-2;/i13D,14D,15D,21D,22D;. The molecule has 82 heavy (non-hydrogen) atoms. The van der Waals surface area contributed by atoms with Gasteiger partial charge in [-0.2, -0.15) is 18.2 Å². The summed E-state index contributed by atoms with van der Waals surface area (Å²) in [5.41, 5.74) is 15.1. The molecule has 0 fully saturated rings. The van der Waals surface area contributed by atoms with E-state index in [2.05, 4.69) is 244 Å². The van der Waals surface area contributed by atoms with E-state index >= 15 is 0 Å². The van der Waals surface area contributed by atoms with E-state index in [1.54, 1.807) is 0 Å². The average molecular weight is 1260 g/mol. The van der Waals surface area contributed by atoms with E-state index < -0.39 is 18.1 Å². The Morgan fingerprint density at radius 1 is 0.463 bits per heavy atom. The third kappa shape index (κ3) is 10.8. The van der Waals surface area contributed by atoms with Crippen molar-refractivity contribution < 1.29 is 37.2 Å². The molecule has 0 spiro atoms. The van der Waals surface area contributed by atoms with Gasteiger partial charge in [0.2, 0.25) is 0 Å². The Bertz CT molecular complexity index is 4560. The zero-order valence-electron chi connectivity index (χ0n) is 53.8. The molecule has 0 bridgehead atoms. The molecule has 5 nitrogen and oxygen atoms in total. The smallest absolute Gasteiger partial charge is 0.268 e. The Kier molecular flexibility index (Phi) is 12.9. The van der Waals surface area contributed by atoms with Crippen molar-refractivity contribution in [3.63, 3.8) is 0 Å². The number of hydrogen-bond acceptors (Lipinski definition) is 2. The van der Waals surface area contributed by atoms with Crippen LogP contribution in [0.2, 0.25) is 0 Å². The topological polar surface area (TPSA) is 35.9 Å². The first kappa shape index (κ1) is 49.7. The molecule has 0 aliphatic carbocycles. The van der Waals surface area contributed by atoms with Gasteiger partial charge in [-0.25, -0.2) is 4.98 Å². The molecular weight excluding hydrogens is 1180 g/mol. The molecule has 0 atom stereocenters. The summed E-state index contributed by atoms with van der Waals surface area (Å²) < 4.78 is 58.1. The number of aromatic nitrogens is 4. The molecule has 0 amide bonds. The number of benzene rings is 9. The molecule has 3 aromatic heterocycles. The van der Waals surface area contributed by atoms with Gasteiger partial charge in [-0.05, 0) is 136 Å². The van der Waals surface area contributed by atoms with E-state index in [-0.39, 0.29) is 60.4 Å². The molecule has 6 heteroatoms. The Hall–Kier alpha value is -8.11. The minimum atomic E-state index is -0.441. The Labute approximate surface area is 506 Å². The third-order valence-electron chi connectivity index (χ3n) is 15.6. The fraction of sp³-hybridized carbons (Fsp3) is 0.211. The molecule has 12 rings (SSSR count). The van der Waals surface area contributed by atoms with Crippen LogP contribution in [0.3, 0.4) is 0 Å².